The van der Waals surface area contributed by atoms with E-state index in [1.807, 2.05) is 19.9 Å². The lowest BCUT2D eigenvalue weighted by molar-refractivity contribution is -0.125. The first-order valence-electron chi connectivity index (χ1n) is 6.54. The summed E-state index contributed by atoms with van der Waals surface area (Å²) in [6, 6.07) is 5.38. The zero-order valence-electron chi connectivity index (χ0n) is 12.2. The van der Waals surface area contributed by atoms with Crippen LogP contribution in [0.4, 0.5) is 5.69 Å². The largest absolute Gasteiger partial charge is 0.489 e. The van der Waals surface area contributed by atoms with Crippen LogP contribution in [-0.4, -0.2) is 42.2 Å². The molecular formula is C15H22N2O3. The molecule has 0 unspecified atom stereocenters. The first-order valence-corrected chi connectivity index (χ1v) is 6.54. The van der Waals surface area contributed by atoms with Gasteiger partial charge in [0.15, 0.2) is 0 Å². The molecule has 0 radical (unpaired) electrons. The first-order chi connectivity index (χ1) is 9.43. The van der Waals surface area contributed by atoms with Gasteiger partial charge in [0.2, 0.25) is 5.91 Å². The molecule has 1 aromatic rings. The van der Waals surface area contributed by atoms with E-state index in [4.69, 9.17) is 15.6 Å². The van der Waals surface area contributed by atoms with Crippen molar-refractivity contribution in [2.75, 3.05) is 25.9 Å². The van der Waals surface area contributed by atoms with Gasteiger partial charge >= 0.3 is 0 Å². The molecule has 0 bridgehead atoms. The van der Waals surface area contributed by atoms with Gasteiger partial charge in [-0.15, -0.1) is 0 Å². The Morgan fingerprint density at radius 3 is 2.75 bits per heavy atom. The molecule has 5 nitrogen and oxygen atoms in total. The van der Waals surface area contributed by atoms with E-state index >= 15 is 0 Å². The monoisotopic (exact) mass is 278 g/mol. The number of benzene rings is 1. The van der Waals surface area contributed by atoms with Crippen molar-refractivity contribution in [3.63, 3.8) is 0 Å². The Balaban J connectivity index is 2.74. The summed E-state index contributed by atoms with van der Waals surface area (Å²) in [7, 11) is 1.64. The van der Waals surface area contributed by atoms with Crippen LogP contribution in [0.3, 0.4) is 0 Å². The van der Waals surface area contributed by atoms with E-state index in [9.17, 15) is 4.79 Å². The third-order valence-corrected chi connectivity index (χ3v) is 2.63. The number of aliphatic hydroxyl groups excluding tert-OH is 1. The van der Waals surface area contributed by atoms with Crippen LogP contribution < -0.4 is 10.5 Å². The molecule has 1 aromatic carbocycles. The topological polar surface area (TPSA) is 75.8 Å². The summed E-state index contributed by atoms with van der Waals surface area (Å²) in [5.41, 5.74) is 7.26. The van der Waals surface area contributed by atoms with Crippen molar-refractivity contribution in [2.24, 2.45) is 0 Å². The predicted molar refractivity (Wildman–Crippen MR) is 80.4 cm³/mol. The smallest absolute Gasteiger partial charge is 0.246 e. The van der Waals surface area contributed by atoms with Crippen molar-refractivity contribution < 1.29 is 14.6 Å². The number of ether oxygens (including phenoxy) is 1. The molecule has 0 saturated heterocycles. The average molecular weight is 278 g/mol. The summed E-state index contributed by atoms with van der Waals surface area (Å²) >= 11 is 0. The van der Waals surface area contributed by atoms with E-state index in [0.717, 1.165) is 5.56 Å². The van der Waals surface area contributed by atoms with Crippen LogP contribution in [0.2, 0.25) is 0 Å². The quantitative estimate of drug-likeness (QED) is 0.611. The van der Waals surface area contributed by atoms with Crippen molar-refractivity contribution in [3.8, 4) is 5.75 Å². The summed E-state index contributed by atoms with van der Waals surface area (Å²) in [5.74, 6) is 0.473. The van der Waals surface area contributed by atoms with Gasteiger partial charge in [-0.3, -0.25) is 4.79 Å². The zero-order chi connectivity index (χ0) is 15.1. The number of nitrogens with zero attached hydrogens (tertiary/aromatic N) is 1. The summed E-state index contributed by atoms with van der Waals surface area (Å²) in [5, 5.41) is 8.76. The van der Waals surface area contributed by atoms with E-state index in [2.05, 4.69) is 0 Å². The normalized spacial score (nSPS) is 11.1. The molecule has 5 heteroatoms. The molecule has 0 aliphatic heterocycles. The minimum atomic E-state index is -0.167. The second kappa shape index (κ2) is 7.55. The Hall–Kier alpha value is -2.01. The molecule has 0 saturated carbocycles. The van der Waals surface area contributed by atoms with Crippen LogP contribution in [0.1, 0.15) is 19.4 Å². The van der Waals surface area contributed by atoms with Gasteiger partial charge in [-0.2, -0.15) is 0 Å². The molecule has 0 atom stereocenters. The maximum atomic E-state index is 11.7. The summed E-state index contributed by atoms with van der Waals surface area (Å²) in [6.45, 7) is 4.13. The van der Waals surface area contributed by atoms with Crippen molar-refractivity contribution in [2.45, 2.75) is 20.0 Å². The highest BCUT2D eigenvalue weighted by Crippen LogP contribution is 2.24. The van der Waals surface area contributed by atoms with Crippen LogP contribution in [0.15, 0.2) is 24.3 Å². The molecule has 0 spiro atoms. The van der Waals surface area contributed by atoms with Gasteiger partial charge < -0.3 is 20.5 Å². The minimum Gasteiger partial charge on any atom is -0.489 e. The molecule has 0 aliphatic carbocycles. The number of carbonyl (C=O) groups is 1. The van der Waals surface area contributed by atoms with Gasteiger partial charge in [-0.1, -0.05) is 6.07 Å². The Morgan fingerprint density at radius 1 is 1.50 bits per heavy atom. The number of amides is 1. The van der Waals surface area contributed by atoms with E-state index in [0.29, 0.717) is 18.0 Å². The number of nitrogen functional groups attached to an aromatic ring is 1. The van der Waals surface area contributed by atoms with Gasteiger partial charge in [0.1, 0.15) is 5.75 Å². The highest BCUT2D eigenvalue weighted by Gasteiger charge is 2.05. The lowest BCUT2D eigenvalue weighted by atomic mass is 10.1. The molecule has 110 valence electrons. The first kappa shape index (κ1) is 16.0. The number of nitrogens with two attached hydrogens (primary N) is 1. The standard InChI is InChI=1S/C15H22N2O3/c1-11(2)20-14-6-4-12(10-13(14)16)5-7-15(19)17(3)8-9-18/h4-7,10-11,18H,8-9,16H2,1-3H3/b7-5-. The predicted octanol–water partition coefficient (Wildman–Crippen LogP) is 1.52. The SMILES string of the molecule is CC(C)Oc1ccc(/C=C\C(=O)N(C)CCO)cc1N. The Labute approximate surface area is 119 Å². The summed E-state index contributed by atoms with van der Waals surface area (Å²) in [4.78, 5) is 13.1. The zero-order valence-corrected chi connectivity index (χ0v) is 12.2. The molecule has 0 fully saturated rings. The fourth-order valence-electron chi connectivity index (χ4n) is 1.59. The number of hydrogen-bond donors (Lipinski definition) is 2. The van der Waals surface area contributed by atoms with Crippen molar-refractivity contribution in [1.29, 1.82) is 0 Å². The Kier molecular flexibility index (Phi) is 6.06. The second-order valence-electron chi connectivity index (χ2n) is 4.78. The van der Waals surface area contributed by atoms with Gasteiger partial charge in [0.25, 0.3) is 0 Å². The number of likely N-dealkylation sites (N-methyl/N-ethyl adjacent to an activating group) is 1. The fourth-order valence-corrected chi connectivity index (χ4v) is 1.59. The third kappa shape index (κ3) is 4.93. The number of hydrogen-bond acceptors (Lipinski definition) is 4. The van der Waals surface area contributed by atoms with Gasteiger partial charge in [0.05, 0.1) is 18.4 Å². The maximum Gasteiger partial charge on any atom is 0.246 e. The van der Waals surface area contributed by atoms with Crippen LogP contribution in [0.5, 0.6) is 5.75 Å². The van der Waals surface area contributed by atoms with E-state index < -0.39 is 0 Å². The molecule has 0 aliphatic rings. The fraction of sp³-hybridized carbons (Fsp3) is 0.400. The number of carbonyl (C=O) groups excluding carboxylic acids is 1. The number of aliphatic hydroxyl groups is 1. The van der Waals surface area contributed by atoms with E-state index in [1.54, 1.807) is 25.3 Å². The third-order valence-electron chi connectivity index (χ3n) is 2.63. The molecule has 0 aromatic heterocycles. The van der Waals surface area contributed by atoms with Crippen LogP contribution >= 0.6 is 0 Å². The Morgan fingerprint density at radius 2 is 2.20 bits per heavy atom. The van der Waals surface area contributed by atoms with Gasteiger partial charge in [-0.05, 0) is 37.6 Å². The summed E-state index contributed by atoms with van der Waals surface area (Å²) in [6.07, 6.45) is 3.20. The van der Waals surface area contributed by atoms with Crippen molar-refractivity contribution in [1.82, 2.24) is 4.90 Å². The lowest BCUT2D eigenvalue weighted by Gasteiger charge is -2.13. The minimum absolute atomic E-state index is 0.0513. The highest BCUT2D eigenvalue weighted by molar-refractivity contribution is 5.91. The summed E-state index contributed by atoms with van der Waals surface area (Å²) < 4.78 is 5.54. The van der Waals surface area contributed by atoms with Crippen LogP contribution in [0.25, 0.3) is 6.08 Å². The molecule has 20 heavy (non-hydrogen) atoms. The average Bonchev–Trinajstić information content (AvgIpc) is 2.38. The molecule has 1 rings (SSSR count). The van der Waals surface area contributed by atoms with Gasteiger partial charge in [-0.25, -0.2) is 0 Å². The maximum absolute atomic E-state index is 11.7. The van der Waals surface area contributed by atoms with Crippen molar-refractivity contribution in [3.05, 3.63) is 29.8 Å². The van der Waals surface area contributed by atoms with Gasteiger partial charge in [0, 0.05) is 19.7 Å². The van der Waals surface area contributed by atoms with E-state index in [-0.39, 0.29) is 18.6 Å². The van der Waals surface area contributed by atoms with E-state index in [1.165, 1.54) is 11.0 Å². The number of anilines is 1. The second-order valence-corrected chi connectivity index (χ2v) is 4.78. The van der Waals surface area contributed by atoms with Crippen LogP contribution in [0, 0.1) is 0 Å². The molecular weight excluding hydrogens is 256 g/mol. The highest BCUT2D eigenvalue weighted by atomic mass is 16.5. The van der Waals surface area contributed by atoms with Crippen molar-refractivity contribution >= 4 is 17.7 Å². The van der Waals surface area contributed by atoms with Crippen LogP contribution in [-0.2, 0) is 4.79 Å². The molecule has 1 amide bonds. The molecule has 0 heterocycles. The lowest BCUT2D eigenvalue weighted by Crippen LogP contribution is -2.27. The Bertz CT molecular complexity index is 484. The molecule has 3 N–H and O–H groups in total. The number of rotatable bonds is 6.